The van der Waals surface area contributed by atoms with Crippen molar-refractivity contribution in [2.75, 3.05) is 5.32 Å². The van der Waals surface area contributed by atoms with Gasteiger partial charge in [-0.1, -0.05) is 31.5 Å². The van der Waals surface area contributed by atoms with Gasteiger partial charge in [-0.25, -0.2) is 9.82 Å². The van der Waals surface area contributed by atoms with Crippen molar-refractivity contribution in [3.05, 3.63) is 65.5 Å². The predicted molar refractivity (Wildman–Crippen MR) is 96.1 cm³/mol. The minimum Gasteiger partial charge on any atom is -0.326 e. The number of nitrogens with one attached hydrogen (secondary N) is 2. The summed E-state index contributed by atoms with van der Waals surface area (Å²) in [6.45, 7) is 2.02. The topological polar surface area (TPSA) is 70.6 Å². The van der Waals surface area contributed by atoms with Gasteiger partial charge < -0.3 is 5.32 Å². The van der Waals surface area contributed by atoms with Crippen LogP contribution < -0.4 is 10.7 Å². The third-order valence-corrected chi connectivity index (χ3v) is 3.46. The zero-order chi connectivity index (χ0) is 18.1. The Kier molecular flexibility index (Phi) is 6.83. The molecule has 25 heavy (non-hydrogen) atoms. The first-order chi connectivity index (χ1) is 12.1. The first-order valence-electron chi connectivity index (χ1n) is 8.08. The number of hydrogen-bond acceptors (Lipinski definition) is 3. The summed E-state index contributed by atoms with van der Waals surface area (Å²) >= 11 is 0. The molecule has 0 aromatic heterocycles. The lowest BCUT2D eigenvalue weighted by atomic mass is 10.2. The lowest BCUT2D eigenvalue weighted by Gasteiger charge is -2.06. The van der Waals surface area contributed by atoms with E-state index in [1.54, 1.807) is 42.5 Å². The van der Waals surface area contributed by atoms with Crippen molar-refractivity contribution in [1.29, 1.82) is 0 Å². The van der Waals surface area contributed by atoms with E-state index in [0.29, 0.717) is 17.7 Å². The van der Waals surface area contributed by atoms with Crippen LogP contribution >= 0.6 is 0 Å². The van der Waals surface area contributed by atoms with E-state index in [9.17, 15) is 14.0 Å². The highest BCUT2D eigenvalue weighted by atomic mass is 19.1. The maximum Gasteiger partial charge on any atom is 0.271 e. The van der Waals surface area contributed by atoms with Crippen LogP contribution in [0.1, 0.15) is 42.1 Å². The number of unbranched alkanes of at least 4 members (excludes halogenated alkanes) is 1. The molecule has 6 heteroatoms. The Morgan fingerprint density at radius 2 is 1.84 bits per heavy atom. The normalized spacial score (nSPS) is 10.6. The molecule has 0 spiro atoms. The van der Waals surface area contributed by atoms with Gasteiger partial charge in [0.15, 0.2) is 0 Å². The van der Waals surface area contributed by atoms with Gasteiger partial charge in [0.05, 0.1) is 6.21 Å². The third kappa shape index (κ3) is 5.84. The van der Waals surface area contributed by atoms with E-state index in [4.69, 9.17) is 0 Å². The molecule has 0 saturated heterocycles. The highest BCUT2D eigenvalue weighted by Crippen LogP contribution is 2.11. The summed E-state index contributed by atoms with van der Waals surface area (Å²) in [5.41, 5.74) is 3.64. The fraction of sp³-hybridized carbons (Fsp3) is 0.211. The molecule has 130 valence electrons. The van der Waals surface area contributed by atoms with Gasteiger partial charge in [-0.15, -0.1) is 0 Å². The molecule has 2 aromatic carbocycles. The number of amides is 2. The molecule has 2 aromatic rings. The number of rotatable bonds is 7. The lowest BCUT2D eigenvalue weighted by molar-refractivity contribution is -0.116. The number of carbonyl (C=O) groups excluding carboxylic acids is 2. The third-order valence-electron chi connectivity index (χ3n) is 3.46. The number of halogens is 1. The van der Waals surface area contributed by atoms with Crippen molar-refractivity contribution in [3.63, 3.8) is 0 Å². The molecule has 0 bridgehead atoms. The van der Waals surface area contributed by atoms with E-state index < -0.39 is 11.7 Å². The molecule has 2 amide bonds. The Balaban J connectivity index is 1.90. The highest BCUT2D eigenvalue weighted by Gasteiger charge is 2.06. The van der Waals surface area contributed by atoms with Crippen molar-refractivity contribution in [1.82, 2.24) is 5.43 Å². The number of benzene rings is 2. The van der Waals surface area contributed by atoms with Gasteiger partial charge in [-0.3, -0.25) is 9.59 Å². The quantitative estimate of drug-likeness (QED) is 0.595. The fourth-order valence-corrected chi connectivity index (χ4v) is 2.07. The van der Waals surface area contributed by atoms with Crippen molar-refractivity contribution in [3.8, 4) is 0 Å². The summed E-state index contributed by atoms with van der Waals surface area (Å²) in [7, 11) is 0. The monoisotopic (exact) mass is 341 g/mol. The maximum absolute atomic E-state index is 13.4. The maximum atomic E-state index is 13.4. The summed E-state index contributed by atoms with van der Waals surface area (Å²) in [5, 5.41) is 6.52. The Bertz CT molecular complexity index is 758. The average Bonchev–Trinajstić information content (AvgIpc) is 2.62. The van der Waals surface area contributed by atoms with Gasteiger partial charge in [0.1, 0.15) is 5.82 Å². The predicted octanol–water partition coefficient (Wildman–Crippen LogP) is 3.72. The number of hydrazone groups is 1. The van der Waals surface area contributed by atoms with E-state index in [2.05, 4.69) is 15.8 Å². The standard InChI is InChI=1S/C19H20FN3O2/c1-2-3-8-18(24)22-16-11-9-14(10-12-16)19(25)23-21-13-15-6-4-5-7-17(15)20/h4-7,9-13H,2-3,8H2,1H3,(H,22,24)(H,23,25)/b21-13+. The molecule has 2 N–H and O–H groups in total. The molecule has 0 fully saturated rings. The van der Waals surface area contributed by atoms with Gasteiger partial charge in [0.25, 0.3) is 5.91 Å². The SMILES string of the molecule is CCCCC(=O)Nc1ccc(C(=O)N/N=C/c2ccccc2F)cc1. The van der Waals surface area contributed by atoms with E-state index in [0.717, 1.165) is 12.8 Å². The van der Waals surface area contributed by atoms with Crippen molar-refractivity contribution >= 4 is 23.7 Å². The fourth-order valence-electron chi connectivity index (χ4n) is 2.07. The molecule has 0 aliphatic heterocycles. The number of nitrogens with zero attached hydrogens (tertiary/aromatic N) is 1. The second-order valence-electron chi connectivity index (χ2n) is 5.45. The van der Waals surface area contributed by atoms with Crippen LogP contribution in [0.25, 0.3) is 0 Å². The highest BCUT2D eigenvalue weighted by molar-refractivity contribution is 5.96. The molecule has 0 unspecified atom stereocenters. The van der Waals surface area contributed by atoms with E-state index >= 15 is 0 Å². The summed E-state index contributed by atoms with van der Waals surface area (Å²) in [4.78, 5) is 23.6. The molecule has 5 nitrogen and oxygen atoms in total. The summed E-state index contributed by atoms with van der Waals surface area (Å²) in [6.07, 6.45) is 3.52. The van der Waals surface area contributed by atoms with Crippen molar-refractivity contribution in [2.45, 2.75) is 26.2 Å². The first-order valence-corrected chi connectivity index (χ1v) is 8.08. The van der Waals surface area contributed by atoms with Crippen LogP contribution in [-0.4, -0.2) is 18.0 Å². The lowest BCUT2D eigenvalue weighted by Crippen LogP contribution is -2.18. The van der Waals surface area contributed by atoms with Crippen LogP contribution in [0.3, 0.4) is 0 Å². The van der Waals surface area contributed by atoms with Crippen LogP contribution in [0.5, 0.6) is 0 Å². The molecular formula is C19H20FN3O2. The number of carbonyl (C=O) groups is 2. The molecule has 0 atom stereocenters. The molecule has 0 aliphatic carbocycles. The number of anilines is 1. The van der Waals surface area contributed by atoms with Crippen molar-refractivity contribution < 1.29 is 14.0 Å². The Hall–Kier alpha value is -3.02. The second-order valence-corrected chi connectivity index (χ2v) is 5.45. The van der Waals surface area contributed by atoms with Crippen molar-refractivity contribution in [2.24, 2.45) is 5.10 Å². The molecule has 0 heterocycles. The smallest absolute Gasteiger partial charge is 0.271 e. The van der Waals surface area contributed by atoms with Gasteiger partial charge in [0, 0.05) is 23.2 Å². The molecule has 0 radical (unpaired) electrons. The Labute approximate surface area is 145 Å². The Morgan fingerprint density at radius 3 is 2.52 bits per heavy atom. The van der Waals surface area contributed by atoms with Crippen LogP contribution in [0.4, 0.5) is 10.1 Å². The molecule has 0 aliphatic rings. The van der Waals surface area contributed by atoms with Crippen LogP contribution in [0, 0.1) is 5.82 Å². The van der Waals surface area contributed by atoms with Crippen LogP contribution in [0.2, 0.25) is 0 Å². The summed E-state index contributed by atoms with van der Waals surface area (Å²) < 4.78 is 13.4. The van der Waals surface area contributed by atoms with Gasteiger partial charge >= 0.3 is 0 Å². The molecule has 2 rings (SSSR count). The molecular weight excluding hydrogens is 321 g/mol. The van der Waals surface area contributed by atoms with E-state index in [1.165, 1.54) is 12.3 Å². The summed E-state index contributed by atoms with van der Waals surface area (Å²) in [5.74, 6) is -0.881. The minimum atomic E-state index is -0.420. The number of hydrogen-bond donors (Lipinski definition) is 2. The second kappa shape index (κ2) is 9.32. The van der Waals surface area contributed by atoms with Gasteiger partial charge in [-0.05, 0) is 36.8 Å². The molecule has 0 saturated carbocycles. The zero-order valence-electron chi connectivity index (χ0n) is 14.0. The van der Waals surface area contributed by atoms with E-state index in [1.807, 2.05) is 6.92 Å². The minimum absolute atomic E-state index is 0.0476. The first kappa shape index (κ1) is 18.3. The average molecular weight is 341 g/mol. The Morgan fingerprint density at radius 1 is 1.12 bits per heavy atom. The largest absolute Gasteiger partial charge is 0.326 e. The van der Waals surface area contributed by atoms with Crippen LogP contribution in [0.15, 0.2) is 53.6 Å². The van der Waals surface area contributed by atoms with Gasteiger partial charge in [-0.2, -0.15) is 5.10 Å². The van der Waals surface area contributed by atoms with E-state index in [-0.39, 0.29) is 11.5 Å². The summed E-state index contributed by atoms with van der Waals surface area (Å²) in [6, 6.07) is 12.6. The zero-order valence-corrected chi connectivity index (χ0v) is 14.0. The van der Waals surface area contributed by atoms with Crippen LogP contribution in [-0.2, 0) is 4.79 Å². The van der Waals surface area contributed by atoms with Gasteiger partial charge in [0.2, 0.25) is 5.91 Å².